The average Bonchev–Trinajstić information content (AvgIpc) is 2.70. The first-order valence-electron chi connectivity index (χ1n) is 7.98. The van der Waals surface area contributed by atoms with Crippen molar-refractivity contribution < 1.29 is 22.3 Å². The summed E-state index contributed by atoms with van der Waals surface area (Å²) in [6.07, 6.45) is 3.07. The summed E-state index contributed by atoms with van der Waals surface area (Å²) in [7, 11) is -2.58. The molecular formula is C18H15FN4O4S. The summed E-state index contributed by atoms with van der Waals surface area (Å²) in [5.74, 6) is -1.18. The Bertz CT molecular complexity index is 1090. The highest BCUT2D eigenvalue weighted by Gasteiger charge is 2.18. The van der Waals surface area contributed by atoms with Gasteiger partial charge in [0, 0.05) is 18.1 Å². The van der Waals surface area contributed by atoms with Crippen molar-refractivity contribution in [2.75, 3.05) is 12.4 Å². The third-order valence-corrected chi connectivity index (χ3v) is 5.04. The van der Waals surface area contributed by atoms with Crippen molar-refractivity contribution in [1.29, 1.82) is 0 Å². The summed E-state index contributed by atoms with van der Waals surface area (Å²) in [6.45, 7) is 0. The number of nitrogens with zero attached hydrogens (tertiary/aromatic N) is 2. The third-order valence-electron chi connectivity index (χ3n) is 3.62. The molecule has 3 aromatic rings. The zero-order valence-corrected chi connectivity index (χ0v) is 15.4. The lowest BCUT2D eigenvalue weighted by molar-refractivity contribution is 0.102. The molecule has 2 N–H and O–H groups in total. The number of benzene rings is 2. The van der Waals surface area contributed by atoms with Crippen LogP contribution in [0.5, 0.6) is 11.8 Å². The number of aromatic nitrogens is 2. The fourth-order valence-electron chi connectivity index (χ4n) is 2.21. The highest BCUT2D eigenvalue weighted by molar-refractivity contribution is 7.89. The molecule has 8 nitrogen and oxygen atoms in total. The smallest absolute Gasteiger partial charge is 0.321 e. The monoisotopic (exact) mass is 402 g/mol. The van der Waals surface area contributed by atoms with E-state index in [1.54, 1.807) is 30.3 Å². The summed E-state index contributed by atoms with van der Waals surface area (Å²) in [4.78, 5) is 20.0. The van der Waals surface area contributed by atoms with E-state index in [2.05, 4.69) is 20.0 Å². The number of ether oxygens (including phenoxy) is 1. The molecule has 0 bridgehead atoms. The van der Waals surface area contributed by atoms with Gasteiger partial charge < -0.3 is 10.1 Å². The second-order valence-corrected chi connectivity index (χ2v) is 7.35. The van der Waals surface area contributed by atoms with Crippen LogP contribution in [-0.2, 0) is 10.0 Å². The molecule has 0 radical (unpaired) electrons. The van der Waals surface area contributed by atoms with Gasteiger partial charge in [0.15, 0.2) is 0 Å². The standard InChI is InChI=1S/C18H15FN4O4S/c1-20-28(25,26)14-7-8-16(19)15(11-14)17(24)23-12-3-5-13(6-4-12)27-18-21-9-2-10-22-18/h2-11,20H,1H3,(H,23,24). The number of sulfonamides is 1. The molecule has 0 spiro atoms. The third kappa shape index (κ3) is 4.48. The van der Waals surface area contributed by atoms with Crippen LogP contribution in [0.25, 0.3) is 0 Å². The minimum absolute atomic E-state index is 0.170. The van der Waals surface area contributed by atoms with Gasteiger partial charge in [-0.1, -0.05) is 0 Å². The van der Waals surface area contributed by atoms with Gasteiger partial charge in [0.25, 0.3) is 5.91 Å². The van der Waals surface area contributed by atoms with Gasteiger partial charge in [-0.3, -0.25) is 4.79 Å². The van der Waals surface area contributed by atoms with Crippen molar-refractivity contribution in [3.63, 3.8) is 0 Å². The van der Waals surface area contributed by atoms with Crippen molar-refractivity contribution in [3.05, 3.63) is 72.3 Å². The van der Waals surface area contributed by atoms with Gasteiger partial charge in [-0.15, -0.1) is 0 Å². The molecule has 0 aliphatic rings. The highest BCUT2D eigenvalue weighted by Crippen LogP contribution is 2.21. The van der Waals surface area contributed by atoms with E-state index in [0.29, 0.717) is 11.4 Å². The maximum Gasteiger partial charge on any atom is 0.321 e. The Morgan fingerprint density at radius 2 is 1.75 bits per heavy atom. The van der Waals surface area contributed by atoms with Gasteiger partial charge in [-0.25, -0.2) is 27.5 Å². The topological polar surface area (TPSA) is 110 Å². The Labute approximate surface area is 160 Å². The zero-order chi connectivity index (χ0) is 20.1. The summed E-state index contributed by atoms with van der Waals surface area (Å²) in [5, 5.41) is 2.51. The fourth-order valence-corrected chi connectivity index (χ4v) is 2.97. The number of hydrogen-bond acceptors (Lipinski definition) is 6. The van der Waals surface area contributed by atoms with Gasteiger partial charge in [0.1, 0.15) is 11.6 Å². The first-order chi connectivity index (χ1) is 13.4. The molecule has 28 heavy (non-hydrogen) atoms. The van der Waals surface area contributed by atoms with Crippen LogP contribution >= 0.6 is 0 Å². The molecule has 0 saturated carbocycles. The Kier molecular flexibility index (Phi) is 5.62. The predicted molar refractivity (Wildman–Crippen MR) is 99.1 cm³/mol. The van der Waals surface area contributed by atoms with E-state index < -0.39 is 27.3 Å². The minimum Gasteiger partial charge on any atom is -0.424 e. The fraction of sp³-hybridized carbons (Fsp3) is 0.0556. The highest BCUT2D eigenvalue weighted by atomic mass is 32.2. The molecule has 1 amide bonds. The van der Waals surface area contributed by atoms with E-state index in [0.717, 1.165) is 18.2 Å². The number of carbonyl (C=O) groups is 1. The van der Waals surface area contributed by atoms with Crippen molar-refractivity contribution in [2.45, 2.75) is 4.90 Å². The van der Waals surface area contributed by atoms with Gasteiger partial charge in [-0.2, -0.15) is 0 Å². The molecular weight excluding hydrogens is 387 g/mol. The van der Waals surface area contributed by atoms with E-state index in [4.69, 9.17) is 4.74 Å². The van der Waals surface area contributed by atoms with Crippen LogP contribution in [0.15, 0.2) is 65.8 Å². The van der Waals surface area contributed by atoms with Crippen LogP contribution in [0.4, 0.5) is 10.1 Å². The zero-order valence-electron chi connectivity index (χ0n) is 14.6. The number of amides is 1. The first kappa shape index (κ1) is 19.4. The van der Waals surface area contributed by atoms with E-state index in [-0.39, 0.29) is 10.9 Å². The van der Waals surface area contributed by atoms with Crippen LogP contribution < -0.4 is 14.8 Å². The maximum atomic E-state index is 14.0. The van der Waals surface area contributed by atoms with Crippen molar-refractivity contribution in [1.82, 2.24) is 14.7 Å². The molecule has 2 aromatic carbocycles. The summed E-state index contributed by atoms with van der Waals surface area (Å²) in [5.41, 5.74) is -0.0260. The molecule has 0 saturated heterocycles. The molecule has 10 heteroatoms. The van der Waals surface area contributed by atoms with Crippen molar-refractivity contribution in [3.8, 4) is 11.8 Å². The molecule has 0 aliphatic heterocycles. The number of rotatable bonds is 6. The minimum atomic E-state index is -3.80. The van der Waals surface area contributed by atoms with Crippen molar-refractivity contribution >= 4 is 21.6 Å². The summed E-state index contributed by atoms with van der Waals surface area (Å²) < 4.78 is 45.3. The summed E-state index contributed by atoms with van der Waals surface area (Å²) in [6, 6.07) is 11.0. The van der Waals surface area contributed by atoms with Crippen LogP contribution in [0.1, 0.15) is 10.4 Å². The lowest BCUT2D eigenvalue weighted by Gasteiger charge is -2.09. The van der Waals surface area contributed by atoms with Gasteiger partial charge in [0.2, 0.25) is 10.0 Å². The van der Waals surface area contributed by atoms with E-state index >= 15 is 0 Å². The molecule has 0 aliphatic carbocycles. The summed E-state index contributed by atoms with van der Waals surface area (Å²) >= 11 is 0. The Hall–Kier alpha value is -3.37. The lowest BCUT2D eigenvalue weighted by Crippen LogP contribution is -2.20. The second kappa shape index (κ2) is 8.11. The Morgan fingerprint density at radius 3 is 2.39 bits per heavy atom. The molecule has 0 unspecified atom stereocenters. The number of nitrogens with one attached hydrogen (secondary N) is 2. The number of anilines is 1. The largest absolute Gasteiger partial charge is 0.424 e. The molecule has 144 valence electrons. The molecule has 0 fully saturated rings. The molecule has 1 heterocycles. The van der Waals surface area contributed by atoms with Crippen LogP contribution in [-0.4, -0.2) is 31.3 Å². The van der Waals surface area contributed by atoms with Gasteiger partial charge >= 0.3 is 6.01 Å². The normalized spacial score (nSPS) is 11.1. The molecule has 1 aromatic heterocycles. The second-order valence-electron chi connectivity index (χ2n) is 5.46. The van der Waals surface area contributed by atoms with E-state index in [1.807, 2.05) is 0 Å². The Balaban J connectivity index is 1.75. The molecule has 0 atom stereocenters. The number of hydrogen-bond donors (Lipinski definition) is 2. The van der Waals surface area contributed by atoms with Crippen LogP contribution in [0.2, 0.25) is 0 Å². The SMILES string of the molecule is CNS(=O)(=O)c1ccc(F)c(C(=O)Nc2ccc(Oc3ncccn3)cc2)c1. The van der Waals surface area contributed by atoms with Gasteiger partial charge in [-0.05, 0) is 55.6 Å². The van der Waals surface area contributed by atoms with Crippen LogP contribution in [0.3, 0.4) is 0 Å². The first-order valence-corrected chi connectivity index (χ1v) is 9.47. The lowest BCUT2D eigenvalue weighted by atomic mass is 10.2. The molecule has 3 rings (SSSR count). The maximum absolute atomic E-state index is 14.0. The number of halogens is 1. The number of carbonyl (C=O) groups excluding carboxylic acids is 1. The quantitative estimate of drug-likeness (QED) is 0.656. The Morgan fingerprint density at radius 1 is 1.07 bits per heavy atom. The average molecular weight is 402 g/mol. The van der Waals surface area contributed by atoms with Crippen LogP contribution in [0, 0.1) is 5.82 Å². The van der Waals surface area contributed by atoms with E-state index in [9.17, 15) is 17.6 Å². The van der Waals surface area contributed by atoms with Gasteiger partial charge in [0.05, 0.1) is 10.5 Å². The van der Waals surface area contributed by atoms with E-state index in [1.165, 1.54) is 19.4 Å². The predicted octanol–water partition coefficient (Wildman–Crippen LogP) is 2.57. The van der Waals surface area contributed by atoms with Crippen molar-refractivity contribution in [2.24, 2.45) is 0 Å².